The van der Waals surface area contributed by atoms with Crippen LogP contribution in [0.2, 0.25) is 0 Å². The van der Waals surface area contributed by atoms with E-state index in [2.05, 4.69) is 20.6 Å². The Balaban J connectivity index is 1.75. The Morgan fingerprint density at radius 1 is 1.06 bits per heavy atom. The van der Waals surface area contributed by atoms with Crippen LogP contribution in [-0.4, -0.2) is 30.1 Å². The molecular formula is C21H24FN5O3S. The van der Waals surface area contributed by atoms with Crippen molar-refractivity contribution in [2.24, 2.45) is 5.14 Å². The predicted molar refractivity (Wildman–Crippen MR) is 118 cm³/mol. The summed E-state index contributed by atoms with van der Waals surface area (Å²) in [4.78, 5) is 8.03. The minimum atomic E-state index is -3.88. The number of hydrogen-bond acceptors (Lipinski definition) is 7. The highest BCUT2D eigenvalue weighted by Crippen LogP contribution is 2.23. The molecule has 0 saturated carbocycles. The topological polar surface area (TPSA) is 130 Å². The van der Waals surface area contributed by atoms with Gasteiger partial charge >= 0.3 is 0 Å². The van der Waals surface area contributed by atoms with E-state index >= 15 is 0 Å². The minimum absolute atomic E-state index is 0.0166. The monoisotopic (exact) mass is 445 g/mol. The molecule has 10 heteroatoms. The molecule has 164 valence electrons. The highest BCUT2D eigenvalue weighted by Gasteiger charge is 2.13. The maximum absolute atomic E-state index is 14.2. The number of benzene rings is 2. The van der Waals surface area contributed by atoms with Crippen LogP contribution in [0.1, 0.15) is 24.0 Å². The molecule has 0 aliphatic heterocycles. The van der Waals surface area contributed by atoms with Gasteiger partial charge < -0.3 is 15.7 Å². The van der Waals surface area contributed by atoms with Crippen molar-refractivity contribution in [3.8, 4) is 0 Å². The van der Waals surface area contributed by atoms with Crippen molar-refractivity contribution in [2.45, 2.75) is 31.1 Å². The number of primary sulfonamides is 1. The smallest absolute Gasteiger partial charge is 0.238 e. The molecule has 0 amide bonds. The third-order valence-electron chi connectivity index (χ3n) is 4.59. The molecule has 5 N–H and O–H groups in total. The molecule has 31 heavy (non-hydrogen) atoms. The van der Waals surface area contributed by atoms with Crippen molar-refractivity contribution in [2.75, 3.05) is 17.2 Å². The molecule has 0 spiro atoms. The molecule has 1 aromatic heterocycles. The van der Waals surface area contributed by atoms with Crippen LogP contribution < -0.4 is 15.8 Å². The summed E-state index contributed by atoms with van der Waals surface area (Å²) in [6, 6.07) is 12.1. The number of nitrogens with one attached hydrogen (secondary N) is 2. The van der Waals surface area contributed by atoms with Gasteiger partial charge in [-0.1, -0.05) is 18.2 Å². The number of hydrogen-bond donors (Lipinski definition) is 4. The largest absolute Gasteiger partial charge is 0.396 e. The highest BCUT2D eigenvalue weighted by molar-refractivity contribution is 7.89. The van der Waals surface area contributed by atoms with Crippen LogP contribution in [0.25, 0.3) is 0 Å². The maximum atomic E-state index is 14.2. The number of rotatable bonds is 9. The van der Waals surface area contributed by atoms with Gasteiger partial charge in [-0.3, -0.25) is 0 Å². The van der Waals surface area contributed by atoms with Crippen molar-refractivity contribution >= 4 is 33.2 Å². The fourth-order valence-electron chi connectivity index (χ4n) is 2.96. The molecule has 0 fully saturated rings. The SMILES string of the molecule is Cc1ccc(Nc2ncc(F)c(Nc3ccc(CCCCO)cc3)n2)cc1S(N)(=O)=O. The van der Waals surface area contributed by atoms with Gasteiger partial charge in [0.25, 0.3) is 0 Å². The van der Waals surface area contributed by atoms with E-state index in [4.69, 9.17) is 10.2 Å². The third-order valence-corrected chi connectivity index (χ3v) is 5.64. The van der Waals surface area contributed by atoms with Gasteiger partial charge in [-0.05, 0) is 61.6 Å². The molecule has 0 atom stereocenters. The van der Waals surface area contributed by atoms with Crippen LogP contribution in [0, 0.1) is 12.7 Å². The highest BCUT2D eigenvalue weighted by atomic mass is 32.2. The summed E-state index contributed by atoms with van der Waals surface area (Å²) < 4.78 is 37.6. The first-order valence-corrected chi connectivity index (χ1v) is 11.2. The zero-order valence-corrected chi connectivity index (χ0v) is 17.8. The number of sulfonamides is 1. The van der Waals surface area contributed by atoms with E-state index in [0.717, 1.165) is 31.0 Å². The lowest BCUT2D eigenvalue weighted by Gasteiger charge is -2.11. The lowest BCUT2D eigenvalue weighted by atomic mass is 10.1. The van der Waals surface area contributed by atoms with Crippen molar-refractivity contribution < 1.29 is 17.9 Å². The summed E-state index contributed by atoms with van der Waals surface area (Å²) in [5.41, 5.74) is 2.69. The first kappa shape index (κ1) is 22.6. The van der Waals surface area contributed by atoms with E-state index in [-0.39, 0.29) is 23.3 Å². The fraction of sp³-hybridized carbons (Fsp3) is 0.238. The summed E-state index contributed by atoms with van der Waals surface area (Å²) in [5.74, 6) is -0.565. The Hall–Kier alpha value is -3.08. The minimum Gasteiger partial charge on any atom is -0.396 e. The fourth-order valence-corrected chi connectivity index (χ4v) is 3.77. The average molecular weight is 446 g/mol. The second-order valence-electron chi connectivity index (χ2n) is 7.04. The van der Waals surface area contributed by atoms with E-state index in [1.165, 1.54) is 6.07 Å². The van der Waals surface area contributed by atoms with Crippen LogP contribution in [0.4, 0.5) is 27.5 Å². The summed E-state index contributed by atoms with van der Waals surface area (Å²) in [5, 5.41) is 19.9. The molecule has 3 rings (SSSR count). The summed E-state index contributed by atoms with van der Waals surface area (Å²) in [7, 11) is -3.88. The second kappa shape index (κ2) is 9.82. The quantitative estimate of drug-likeness (QED) is 0.372. The van der Waals surface area contributed by atoms with Gasteiger partial charge in [-0.25, -0.2) is 22.9 Å². The summed E-state index contributed by atoms with van der Waals surface area (Å²) in [6.45, 7) is 1.81. The zero-order chi connectivity index (χ0) is 22.4. The first-order chi connectivity index (χ1) is 14.8. The number of nitrogens with zero attached hydrogens (tertiary/aromatic N) is 2. The van der Waals surface area contributed by atoms with Crippen LogP contribution >= 0.6 is 0 Å². The van der Waals surface area contributed by atoms with Crippen LogP contribution in [0.3, 0.4) is 0 Å². The predicted octanol–water partition coefficient (Wildman–Crippen LogP) is 3.37. The van der Waals surface area contributed by atoms with Crippen molar-refractivity contribution in [1.82, 2.24) is 9.97 Å². The number of nitrogens with two attached hydrogens (primary N) is 1. The summed E-state index contributed by atoms with van der Waals surface area (Å²) >= 11 is 0. The van der Waals surface area contributed by atoms with Crippen molar-refractivity contribution in [3.05, 3.63) is 65.6 Å². The number of halogens is 1. The maximum Gasteiger partial charge on any atom is 0.238 e. The van der Waals surface area contributed by atoms with Gasteiger partial charge in [-0.2, -0.15) is 4.98 Å². The van der Waals surface area contributed by atoms with Gasteiger partial charge in [0.05, 0.1) is 11.1 Å². The van der Waals surface area contributed by atoms with Crippen molar-refractivity contribution in [3.63, 3.8) is 0 Å². The zero-order valence-electron chi connectivity index (χ0n) is 17.0. The van der Waals surface area contributed by atoms with Gasteiger partial charge in [0.2, 0.25) is 16.0 Å². The molecule has 0 aliphatic carbocycles. The molecular weight excluding hydrogens is 421 g/mol. The van der Waals surface area contributed by atoms with Crippen LogP contribution in [-0.2, 0) is 16.4 Å². The molecule has 8 nitrogen and oxygen atoms in total. The van der Waals surface area contributed by atoms with Gasteiger partial charge in [0.15, 0.2) is 11.6 Å². The second-order valence-corrected chi connectivity index (χ2v) is 8.57. The third kappa shape index (κ3) is 6.20. The normalized spacial score (nSPS) is 11.4. The molecule has 3 aromatic rings. The van der Waals surface area contributed by atoms with Crippen molar-refractivity contribution in [1.29, 1.82) is 0 Å². The number of aliphatic hydroxyl groups excluding tert-OH is 1. The standard InChI is InChI=1S/C21H24FN5O3S/c1-14-5-8-17(12-19(14)31(23,29)30)26-21-24-13-18(22)20(27-21)25-16-9-6-15(7-10-16)4-2-3-11-28/h5-10,12-13,28H,2-4,11H2,1H3,(H2,23,29,30)(H2,24,25,26,27). The number of unbranched alkanes of at least 4 members (excludes halogenated alkanes) is 1. The Bertz CT molecular complexity index is 1150. The number of aryl methyl sites for hydroxylation is 2. The molecule has 0 unspecified atom stereocenters. The lowest BCUT2D eigenvalue weighted by molar-refractivity contribution is 0.284. The van der Waals surface area contributed by atoms with Crippen LogP contribution in [0.5, 0.6) is 0 Å². The van der Waals surface area contributed by atoms with E-state index < -0.39 is 15.8 Å². The lowest BCUT2D eigenvalue weighted by Crippen LogP contribution is -2.14. The Morgan fingerprint density at radius 3 is 2.45 bits per heavy atom. The van der Waals surface area contributed by atoms with Crippen LogP contribution in [0.15, 0.2) is 53.6 Å². The Kier molecular flexibility index (Phi) is 7.16. The van der Waals surface area contributed by atoms with Gasteiger partial charge in [-0.15, -0.1) is 0 Å². The van der Waals surface area contributed by atoms with E-state index in [9.17, 15) is 12.8 Å². The first-order valence-electron chi connectivity index (χ1n) is 9.66. The molecule has 1 heterocycles. The molecule has 0 bridgehead atoms. The van der Waals surface area contributed by atoms with Gasteiger partial charge in [0, 0.05) is 18.0 Å². The molecule has 0 radical (unpaired) electrons. The summed E-state index contributed by atoms with van der Waals surface area (Å²) in [6.07, 6.45) is 3.52. The molecule has 2 aromatic carbocycles. The molecule has 0 aliphatic rings. The number of aliphatic hydroxyl groups is 1. The van der Waals surface area contributed by atoms with Gasteiger partial charge in [0.1, 0.15) is 0 Å². The Morgan fingerprint density at radius 2 is 1.77 bits per heavy atom. The molecule has 0 saturated heterocycles. The average Bonchev–Trinajstić information content (AvgIpc) is 2.72. The van der Waals surface area contributed by atoms with E-state index in [1.54, 1.807) is 19.1 Å². The van der Waals surface area contributed by atoms with E-state index in [0.29, 0.717) is 16.9 Å². The Labute approximate surface area is 180 Å². The number of anilines is 4. The van der Waals surface area contributed by atoms with E-state index in [1.807, 2.05) is 24.3 Å². The number of aromatic nitrogens is 2.